The number of benzene rings is 1. The molecule has 0 saturated heterocycles. The van der Waals surface area contributed by atoms with E-state index in [0.29, 0.717) is 22.8 Å². The second-order valence-corrected chi connectivity index (χ2v) is 6.18. The van der Waals surface area contributed by atoms with E-state index in [1.807, 2.05) is 11.8 Å². The van der Waals surface area contributed by atoms with Gasteiger partial charge in [0.25, 0.3) is 0 Å². The van der Waals surface area contributed by atoms with Gasteiger partial charge in [-0.15, -0.1) is 0 Å². The Morgan fingerprint density at radius 3 is 2.95 bits per heavy atom. The van der Waals surface area contributed by atoms with Crippen LogP contribution in [-0.4, -0.2) is 21.1 Å². The van der Waals surface area contributed by atoms with Crippen molar-refractivity contribution < 1.29 is 4.39 Å². The minimum absolute atomic E-state index is 0.262. The highest BCUT2D eigenvalue weighted by atomic mass is 32.2. The van der Waals surface area contributed by atoms with Crippen LogP contribution < -0.4 is 5.73 Å². The van der Waals surface area contributed by atoms with Gasteiger partial charge in [-0.2, -0.15) is 11.8 Å². The minimum Gasteiger partial charge on any atom is -0.369 e. The van der Waals surface area contributed by atoms with Crippen molar-refractivity contribution in [2.45, 2.75) is 37.0 Å². The number of fused-ring (bicyclic) bond motifs is 1. The maximum Gasteiger partial charge on any atom is 0.201 e. The van der Waals surface area contributed by atoms with Crippen molar-refractivity contribution in [1.82, 2.24) is 9.55 Å². The number of hydrogen-bond donors (Lipinski definition) is 1. The van der Waals surface area contributed by atoms with E-state index in [9.17, 15) is 4.39 Å². The highest BCUT2D eigenvalue weighted by Gasteiger charge is 2.28. The van der Waals surface area contributed by atoms with Crippen molar-refractivity contribution in [2.24, 2.45) is 0 Å². The Balaban J connectivity index is 2.10. The summed E-state index contributed by atoms with van der Waals surface area (Å²) < 4.78 is 15.4. The fraction of sp³-hybridized carbons (Fsp3) is 0.500. The van der Waals surface area contributed by atoms with Gasteiger partial charge in [0.2, 0.25) is 5.95 Å². The number of nitrogen functional groups attached to an aromatic ring is 1. The second-order valence-electron chi connectivity index (χ2n) is 5.10. The molecule has 3 rings (SSSR count). The van der Waals surface area contributed by atoms with Crippen LogP contribution in [0, 0.1) is 5.82 Å². The van der Waals surface area contributed by atoms with Gasteiger partial charge in [0.05, 0.1) is 11.0 Å². The Bertz CT molecular complexity index is 596. The topological polar surface area (TPSA) is 43.8 Å². The van der Waals surface area contributed by atoms with Crippen LogP contribution in [0.3, 0.4) is 0 Å². The molecule has 1 aromatic heterocycles. The molecule has 0 radical (unpaired) electrons. The zero-order chi connectivity index (χ0) is 13.4. The third kappa shape index (κ3) is 2.20. The number of halogens is 1. The van der Waals surface area contributed by atoms with E-state index in [1.54, 1.807) is 6.07 Å². The van der Waals surface area contributed by atoms with Crippen molar-refractivity contribution in [3.8, 4) is 0 Å². The molecule has 2 N–H and O–H groups in total. The molecule has 1 saturated carbocycles. The molecule has 5 heteroatoms. The highest BCUT2D eigenvalue weighted by Crippen LogP contribution is 2.38. The van der Waals surface area contributed by atoms with E-state index >= 15 is 0 Å². The summed E-state index contributed by atoms with van der Waals surface area (Å²) in [7, 11) is 0. The molecule has 102 valence electrons. The highest BCUT2D eigenvalue weighted by molar-refractivity contribution is 7.99. The lowest BCUT2D eigenvalue weighted by atomic mass is 9.94. The summed E-state index contributed by atoms with van der Waals surface area (Å²) in [6.07, 6.45) is 6.99. The molecule has 0 bridgehead atoms. The van der Waals surface area contributed by atoms with Gasteiger partial charge in [-0.3, -0.25) is 0 Å². The van der Waals surface area contributed by atoms with Crippen LogP contribution in [0.2, 0.25) is 0 Å². The number of thioether (sulfide) groups is 1. The Labute approximate surface area is 116 Å². The summed E-state index contributed by atoms with van der Waals surface area (Å²) in [5.41, 5.74) is 7.68. The summed E-state index contributed by atoms with van der Waals surface area (Å²) in [4.78, 5) is 4.31. The zero-order valence-corrected chi connectivity index (χ0v) is 11.8. The van der Waals surface area contributed by atoms with E-state index in [1.165, 1.54) is 31.4 Å². The van der Waals surface area contributed by atoms with Gasteiger partial charge < -0.3 is 10.3 Å². The Hall–Kier alpha value is -1.23. The molecular formula is C14H18FN3S. The van der Waals surface area contributed by atoms with Gasteiger partial charge in [0.15, 0.2) is 0 Å². The summed E-state index contributed by atoms with van der Waals surface area (Å²) in [6.45, 7) is 0. The van der Waals surface area contributed by atoms with Gasteiger partial charge in [0, 0.05) is 17.4 Å². The lowest BCUT2D eigenvalue weighted by Gasteiger charge is -2.32. The van der Waals surface area contributed by atoms with Crippen molar-refractivity contribution in [3.05, 3.63) is 24.0 Å². The average molecular weight is 279 g/mol. The van der Waals surface area contributed by atoms with Crippen molar-refractivity contribution in [3.63, 3.8) is 0 Å². The van der Waals surface area contributed by atoms with Gasteiger partial charge in [0.1, 0.15) is 5.82 Å². The molecule has 0 amide bonds. The maximum absolute atomic E-state index is 13.3. The molecular weight excluding hydrogens is 261 g/mol. The molecule has 1 heterocycles. The van der Waals surface area contributed by atoms with E-state index in [0.717, 1.165) is 11.9 Å². The summed E-state index contributed by atoms with van der Waals surface area (Å²) in [6, 6.07) is 5.11. The fourth-order valence-corrected chi connectivity index (χ4v) is 4.06. The number of anilines is 1. The predicted molar refractivity (Wildman–Crippen MR) is 78.9 cm³/mol. The van der Waals surface area contributed by atoms with Crippen LogP contribution in [0.1, 0.15) is 31.7 Å². The Kier molecular flexibility index (Phi) is 3.39. The summed E-state index contributed by atoms with van der Waals surface area (Å²) in [5, 5.41) is 0.568. The van der Waals surface area contributed by atoms with Crippen molar-refractivity contribution >= 4 is 28.7 Å². The normalized spacial score (nSPS) is 23.9. The first-order valence-corrected chi connectivity index (χ1v) is 7.95. The van der Waals surface area contributed by atoms with E-state index < -0.39 is 0 Å². The number of rotatable bonds is 2. The second kappa shape index (κ2) is 5.04. The van der Waals surface area contributed by atoms with Crippen LogP contribution in [0.15, 0.2) is 18.2 Å². The maximum atomic E-state index is 13.3. The quantitative estimate of drug-likeness (QED) is 0.913. The number of nitrogens with zero attached hydrogens (tertiary/aromatic N) is 2. The molecule has 0 spiro atoms. The number of hydrogen-bond acceptors (Lipinski definition) is 3. The fourth-order valence-electron chi connectivity index (χ4n) is 3.09. The van der Waals surface area contributed by atoms with Crippen molar-refractivity contribution in [1.29, 1.82) is 0 Å². The summed E-state index contributed by atoms with van der Waals surface area (Å²) >= 11 is 1.89. The van der Waals surface area contributed by atoms with Gasteiger partial charge in [-0.25, -0.2) is 9.37 Å². The van der Waals surface area contributed by atoms with Crippen LogP contribution in [0.25, 0.3) is 11.0 Å². The number of imidazole rings is 1. The monoisotopic (exact) mass is 279 g/mol. The lowest BCUT2D eigenvalue weighted by Crippen LogP contribution is -2.26. The first kappa shape index (κ1) is 12.8. The molecule has 3 nitrogen and oxygen atoms in total. The van der Waals surface area contributed by atoms with Crippen LogP contribution >= 0.6 is 11.8 Å². The predicted octanol–water partition coefficient (Wildman–Crippen LogP) is 3.60. The standard InChI is InChI=1S/C14H18FN3S/c1-19-13-5-3-2-4-12(13)18-11-7-6-9(15)8-10(11)17-14(18)16/h6-8,12-13H,2-5H2,1H3,(H2,16,17). The largest absolute Gasteiger partial charge is 0.369 e. The van der Waals surface area contributed by atoms with Gasteiger partial charge in [-0.1, -0.05) is 12.8 Å². The molecule has 2 unspecified atom stereocenters. The summed E-state index contributed by atoms with van der Waals surface area (Å²) in [5.74, 6) is 0.244. The van der Waals surface area contributed by atoms with E-state index in [2.05, 4.69) is 15.8 Å². The van der Waals surface area contributed by atoms with E-state index in [-0.39, 0.29) is 5.82 Å². The average Bonchev–Trinajstić information content (AvgIpc) is 2.73. The van der Waals surface area contributed by atoms with Gasteiger partial charge in [-0.05, 0) is 31.2 Å². The third-order valence-electron chi connectivity index (χ3n) is 3.98. The first-order valence-electron chi connectivity index (χ1n) is 6.66. The molecule has 2 atom stereocenters. The van der Waals surface area contributed by atoms with Crippen LogP contribution in [0.4, 0.5) is 10.3 Å². The minimum atomic E-state index is -0.262. The molecule has 19 heavy (non-hydrogen) atoms. The Morgan fingerprint density at radius 2 is 2.16 bits per heavy atom. The SMILES string of the molecule is CSC1CCCCC1n1c(N)nc2cc(F)ccc21. The number of nitrogens with two attached hydrogens (primary N) is 1. The lowest BCUT2D eigenvalue weighted by molar-refractivity contribution is 0.374. The number of aromatic nitrogens is 2. The van der Waals surface area contributed by atoms with Crippen LogP contribution in [0.5, 0.6) is 0 Å². The molecule has 2 aromatic rings. The molecule has 1 aromatic carbocycles. The molecule has 1 aliphatic rings. The van der Waals surface area contributed by atoms with Crippen LogP contribution in [-0.2, 0) is 0 Å². The van der Waals surface area contributed by atoms with E-state index in [4.69, 9.17) is 5.73 Å². The molecule has 1 fully saturated rings. The molecule has 1 aliphatic carbocycles. The Morgan fingerprint density at radius 1 is 1.37 bits per heavy atom. The molecule has 0 aliphatic heterocycles. The zero-order valence-electron chi connectivity index (χ0n) is 11.0. The van der Waals surface area contributed by atoms with Crippen molar-refractivity contribution in [2.75, 3.05) is 12.0 Å². The van der Waals surface area contributed by atoms with Gasteiger partial charge >= 0.3 is 0 Å². The first-order chi connectivity index (χ1) is 9.20. The smallest absolute Gasteiger partial charge is 0.201 e. The third-order valence-corrected chi connectivity index (χ3v) is 5.14.